The van der Waals surface area contributed by atoms with Gasteiger partial charge in [-0.15, -0.1) is 0 Å². The standard InChI is InChI=1S/C17H18F2N2O4/c1-3-24-16-11(6-5-9-20-16)10-21-15(22)12-7-4-8-13(23-2)14(12)25-17(18)19/h4-9,17H,3,10H2,1-2H3,(H,21,22). The van der Waals surface area contributed by atoms with E-state index < -0.39 is 12.5 Å². The number of benzene rings is 1. The quantitative estimate of drug-likeness (QED) is 0.791. The van der Waals surface area contributed by atoms with E-state index in [1.165, 1.54) is 25.3 Å². The topological polar surface area (TPSA) is 69.7 Å². The third kappa shape index (κ3) is 4.79. The third-order valence-electron chi connectivity index (χ3n) is 3.22. The van der Waals surface area contributed by atoms with Gasteiger partial charge in [0.25, 0.3) is 5.91 Å². The second kappa shape index (κ2) is 8.81. The molecule has 0 saturated carbocycles. The predicted molar refractivity (Wildman–Crippen MR) is 86.2 cm³/mol. The molecule has 1 heterocycles. The van der Waals surface area contributed by atoms with E-state index in [1.54, 1.807) is 18.3 Å². The van der Waals surface area contributed by atoms with Crippen molar-refractivity contribution >= 4 is 5.91 Å². The molecule has 8 heteroatoms. The van der Waals surface area contributed by atoms with Gasteiger partial charge in [-0.1, -0.05) is 12.1 Å². The summed E-state index contributed by atoms with van der Waals surface area (Å²) >= 11 is 0. The molecule has 0 saturated heterocycles. The zero-order valence-electron chi connectivity index (χ0n) is 13.8. The largest absolute Gasteiger partial charge is 0.493 e. The van der Waals surface area contributed by atoms with E-state index in [0.29, 0.717) is 18.1 Å². The molecule has 25 heavy (non-hydrogen) atoms. The second-order valence-corrected chi connectivity index (χ2v) is 4.80. The number of carbonyl (C=O) groups excluding carboxylic acids is 1. The summed E-state index contributed by atoms with van der Waals surface area (Å²) in [5.41, 5.74) is 0.610. The molecule has 1 aromatic carbocycles. The fourth-order valence-electron chi connectivity index (χ4n) is 2.16. The minimum atomic E-state index is -3.08. The molecule has 2 aromatic rings. The Bertz CT molecular complexity index is 726. The third-order valence-corrected chi connectivity index (χ3v) is 3.22. The molecule has 0 fully saturated rings. The van der Waals surface area contributed by atoms with E-state index in [2.05, 4.69) is 15.0 Å². The van der Waals surface area contributed by atoms with Crippen LogP contribution in [0.15, 0.2) is 36.5 Å². The number of amides is 1. The van der Waals surface area contributed by atoms with Gasteiger partial charge in [0.2, 0.25) is 5.88 Å². The molecule has 0 aliphatic heterocycles. The first kappa shape index (κ1) is 18.4. The summed E-state index contributed by atoms with van der Waals surface area (Å²) in [7, 11) is 1.30. The highest BCUT2D eigenvalue weighted by Gasteiger charge is 2.20. The number of pyridine rings is 1. The van der Waals surface area contributed by atoms with Crippen molar-refractivity contribution in [2.24, 2.45) is 0 Å². The fourth-order valence-corrected chi connectivity index (χ4v) is 2.16. The second-order valence-electron chi connectivity index (χ2n) is 4.80. The van der Waals surface area contributed by atoms with Crippen molar-refractivity contribution in [1.29, 1.82) is 0 Å². The van der Waals surface area contributed by atoms with Gasteiger partial charge in [0.1, 0.15) is 0 Å². The zero-order chi connectivity index (χ0) is 18.2. The number of rotatable bonds is 8. The van der Waals surface area contributed by atoms with Gasteiger partial charge in [-0.2, -0.15) is 8.78 Å². The minimum Gasteiger partial charge on any atom is -0.493 e. The summed E-state index contributed by atoms with van der Waals surface area (Å²) in [4.78, 5) is 16.5. The van der Waals surface area contributed by atoms with Crippen LogP contribution < -0.4 is 19.5 Å². The highest BCUT2D eigenvalue weighted by Crippen LogP contribution is 2.32. The lowest BCUT2D eigenvalue weighted by molar-refractivity contribution is -0.0515. The number of para-hydroxylation sites is 1. The van der Waals surface area contributed by atoms with Crippen LogP contribution in [0.25, 0.3) is 0 Å². The first-order valence-electron chi connectivity index (χ1n) is 7.53. The molecular formula is C17H18F2N2O4. The highest BCUT2D eigenvalue weighted by molar-refractivity contribution is 5.97. The highest BCUT2D eigenvalue weighted by atomic mass is 19.3. The average Bonchev–Trinajstić information content (AvgIpc) is 2.60. The Morgan fingerprint density at radius 3 is 2.76 bits per heavy atom. The van der Waals surface area contributed by atoms with Crippen LogP contribution >= 0.6 is 0 Å². The molecule has 0 bridgehead atoms. The molecule has 1 amide bonds. The van der Waals surface area contributed by atoms with Gasteiger partial charge in [0.15, 0.2) is 11.5 Å². The van der Waals surface area contributed by atoms with E-state index in [4.69, 9.17) is 9.47 Å². The number of alkyl halides is 2. The Hall–Kier alpha value is -2.90. The van der Waals surface area contributed by atoms with Gasteiger partial charge in [0, 0.05) is 18.3 Å². The summed E-state index contributed by atoms with van der Waals surface area (Å²) in [6, 6.07) is 7.79. The summed E-state index contributed by atoms with van der Waals surface area (Å²) < 4.78 is 40.1. The number of hydrogen-bond donors (Lipinski definition) is 1. The van der Waals surface area contributed by atoms with E-state index in [0.717, 1.165) is 0 Å². The van der Waals surface area contributed by atoms with Crippen LogP contribution in [0.4, 0.5) is 8.78 Å². The molecular weight excluding hydrogens is 334 g/mol. The maximum absolute atomic E-state index is 12.6. The van der Waals surface area contributed by atoms with Gasteiger partial charge in [-0.05, 0) is 25.1 Å². The zero-order valence-corrected chi connectivity index (χ0v) is 13.8. The van der Waals surface area contributed by atoms with Crippen LogP contribution in [-0.2, 0) is 6.54 Å². The molecule has 2 rings (SSSR count). The number of carbonyl (C=O) groups is 1. The van der Waals surface area contributed by atoms with Gasteiger partial charge in [-0.3, -0.25) is 4.79 Å². The maximum Gasteiger partial charge on any atom is 0.387 e. The predicted octanol–water partition coefficient (Wildman–Crippen LogP) is 3.02. The monoisotopic (exact) mass is 352 g/mol. The molecule has 1 N–H and O–H groups in total. The van der Waals surface area contributed by atoms with Crippen molar-refractivity contribution < 1.29 is 27.8 Å². The summed E-state index contributed by atoms with van der Waals surface area (Å²) in [6.07, 6.45) is 1.58. The lowest BCUT2D eigenvalue weighted by Crippen LogP contribution is -2.24. The smallest absolute Gasteiger partial charge is 0.387 e. The Morgan fingerprint density at radius 1 is 1.28 bits per heavy atom. The number of halogens is 2. The van der Waals surface area contributed by atoms with Crippen molar-refractivity contribution in [2.45, 2.75) is 20.1 Å². The molecule has 134 valence electrons. The lowest BCUT2D eigenvalue weighted by atomic mass is 10.1. The van der Waals surface area contributed by atoms with Crippen molar-refractivity contribution in [3.05, 3.63) is 47.7 Å². The van der Waals surface area contributed by atoms with Gasteiger partial charge >= 0.3 is 6.61 Å². The number of methoxy groups -OCH3 is 1. The summed E-state index contributed by atoms with van der Waals surface area (Å²) in [6.45, 7) is -0.708. The molecule has 1 aromatic heterocycles. The van der Waals surface area contributed by atoms with Crippen LogP contribution in [0.1, 0.15) is 22.8 Å². The minimum absolute atomic E-state index is 0.0457. The van der Waals surface area contributed by atoms with E-state index in [9.17, 15) is 13.6 Å². The Morgan fingerprint density at radius 2 is 2.08 bits per heavy atom. The van der Waals surface area contributed by atoms with Gasteiger partial charge < -0.3 is 19.5 Å². The molecule has 0 spiro atoms. The van der Waals surface area contributed by atoms with Crippen LogP contribution in [0, 0.1) is 0 Å². The van der Waals surface area contributed by atoms with Crippen LogP contribution in [0.5, 0.6) is 17.4 Å². The van der Waals surface area contributed by atoms with Gasteiger partial charge in [-0.25, -0.2) is 4.98 Å². The normalized spacial score (nSPS) is 10.4. The molecule has 0 atom stereocenters. The Labute approximate surface area is 143 Å². The Kier molecular flexibility index (Phi) is 6.50. The Balaban J connectivity index is 2.19. The van der Waals surface area contributed by atoms with E-state index in [1.807, 2.05) is 6.92 Å². The number of ether oxygens (including phenoxy) is 3. The number of nitrogens with one attached hydrogen (secondary N) is 1. The van der Waals surface area contributed by atoms with Crippen molar-refractivity contribution in [2.75, 3.05) is 13.7 Å². The number of nitrogens with zero attached hydrogens (tertiary/aromatic N) is 1. The van der Waals surface area contributed by atoms with E-state index in [-0.39, 0.29) is 23.6 Å². The maximum atomic E-state index is 12.6. The number of hydrogen-bond acceptors (Lipinski definition) is 5. The van der Waals surface area contributed by atoms with Crippen LogP contribution in [0.2, 0.25) is 0 Å². The fraction of sp³-hybridized carbons (Fsp3) is 0.294. The van der Waals surface area contributed by atoms with E-state index >= 15 is 0 Å². The number of aromatic nitrogens is 1. The average molecular weight is 352 g/mol. The molecule has 0 unspecified atom stereocenters. The summed E-state index contributed by atoms with van der Waals surface area (Å²) in [5.74, 6) is -0.445. The first-order chi connectivity index (χ1) is 12.1. The van der Waals surface area contributed by atoms with Crippen molar-refractivity contribution in [3.8, 4) is 17.4 Å². The first-order valence-corrected chi connectivity index (χ1v) is 7.53. The van der Waals surface area contributed by atoms with Crippen molar-refractivity contribution in [1.82, 2.24) is 10.3 Å². The summed E-state index contributed by atoms with van der Waals surface area (Å²) in [5, 5.41) is 2.64. The molecule has 0 aliphatic carbocycles. The van der Waals surface area contributed by atoms with Crippen molar-refractivity contribution in [3.63, 3.8) is 0 Å². The van der Waals surface area contributed by atoms with Crippen LogP contribution in [-0.4, -0.2) is 31.2 Å². The van der Waals surface area contributed by atoms with Crippen LogP contribution in [0.3, 0.4) is 0 Å². The molecule has 6 nitrogen and oxygen atoms in total. The SMILES string of the molecule is CCOc1ncccc1CNC(=O)c1cccc(OC)c1OC(F)F. The molecule has 0 radical (unpaired) electrons. The lowest BCUT2D eigenvalue weighted by Gasteiger charge is -2.14. The van der Waals surface area contributed by atoms with Gasteiger partial charge in [0.05, 0.1) is 19.3 Å². The molecule has 0 aliphatic rings.